The number of carboxylic acids is 1. The van der Waals surface area contributed by atoms with Crippen molar-refractivity contribution in [2.24, 2.45) is 5.92 Å². The number of hydrogen-bond acceptors (Lipinski definition) is 7. The third-order valence-corrected chi connectivity index (χ3v) is 9.77. The van der Waals surface area contributed by atoms with Crippen LogP contribution in [0.4, 0.5) is 18.0 Å². The maximum absolute atomic E-state index is 14.4. The molecule has 3 N–H and O–H groups in total. The van der Waals surface area contributed by atoms with Crippen LogP contribution in [0.15, 0.2) is 54.6 Å². The Morgan fingerprint density at radius 2 is 1.81 bits per heavy atom. The van der Waals surface area contributed by atoms with Crippen LogP contribution < -0.4 is 10.6 Å². The SMILES string of the molecule is CC(C)(C)OC(=O)N[C@H]1CCCCC/C=C\[C@H]2C[C@@]2(C(=O)O)NC(=O)[C@@H]2C[C@H](n3nc4cc(C(F)(F)F)cc(/C=C/c5ccccc5)c4n3)CN2C1=O. The summed E-state index contributed by atoms with van der Waals surface area (Å²) in [5, 5.41) is 24.5. The lowest BCUT2D eigenvalue weighted by Gasteiger charge is -2.30. The molecule has 1 saturated carbocycles. The molecular formula is C38H43F3N6O6. The fourth-order valence-electron chi connectivity index (χ4n) is 6.96. The van der Waals surface area contributed by atoms with E-state index in [0.717, 1.165) is 30.5 Å². The Kier molecular flexibility index (Phi) is 10.4. The molecule has 0 unspecified atom stereocenters. The molecule has 1 aromatic heterocycles. The summed E-state index contributed by atoms with van der Waals surface area (Å²) in [6.07, 6.45) is 4.57. The van der Waals surface area contributed by atoms with Crippen LogP contribution in [0.2, 0.25) is 0 Å². The number of carbonyl (C=O) groups is 4. The average Bonchev–Trinajstić information content (AvgIpc) is 3.38. The first-order valence-corrected chi connectivity index (χ1v) is 17.8. The van der Waals surface area contributed by atoms with Crippen molar-refractivity contribution in [2.75, 3.05) is 6.54 Å². The second-order valence-electron chi connectivity index (χ2n) is 14.9. The van der Waals surface area contributed by atoms with Crippen LogP contribution in [-0.2, 0) is 25.3 Å². The second-order valence-corrected chi connectivity index (χ2v) is 14.9. The van der Waals surface area contributed by atoms with Gasteiger partial charge in [0.15, 0.2) is 0 Å². The summed E-state index contributed by atoms with van der Waals surface area (Å²) in [7, 11) is 0. The fourth-order valence-corrected chi connectivity index (χ4v) is 6.96. The van der Waals surface area contributed by atoms with Crippen LogP contribution in [0, 0.1) is 5.92 Å². The molecule has 3 heterocycles. The molecule has 2 aliphatic heterocycles. The number of amides is 3. The molecule has 1 aliphatic carbocycles. The normalized spacial score (nSPS) is 26.3. The molecule has 2 aromatic carbocycles. The lowest BCUT2D eigenvalue weighted by molar-refractivity contribution is -0.145. The van der Waals surface area contributed by atoms with Crippen molar-refractivity contribution in [1.82, 2.24) is 30.5 Å². The molecule has 15 heteroatoms. The molecule has 2 fully saturated rings. The highest BCUT2D eigenvalue weighted by molar-refractivity contribution is 5.96. The van der Waals surface area contributed by atoms with E-state index in [2.05, 4.69) is 20.8 Å². The predicted molar refractivity (Wildman–Crippen MR) is 189 cm³/mol. The molecule has 0 spiro atoms. The molecule has 5 atom stereocenters. The largest absolute Gasteiger partial charge is 0.479 e. The summed E-state index contributed by atoms with van der Waals surface area (Å²) in [4.78, 5) is 56.3. The van der Waals surface area contributed by atoms with E-state index < -0.39 is 70.8 Å². The Labute approximate surface area is 304 Å². The van der Waals surface area contributed by atoms with Gasteiger partial charge in [-0.25, -0.2) is 9.59 Å². The van der Waals surface area contributed by atoms with Crippen LogP contribution in [0.1, 0.15) is 88.4 Å². The van der Waals surface area contributed by atoms with Crippen LogP contribution in [-0.4, -0.2) is 78.6 Å². The molecule has 1 saturated heterocycles. The standard InChI is InChI=1S/C38H43F3N6O6/c1-36(2,3)53-35(52)42-28-15-11-6-4-5-10-14-25-21-37(25,34(50)51)43-32(48)30-20-27(22-46(30)33(28)49)47-44-29-19-26(38(39,40)41)18-24(31(29)45-47)17-16-23-12-8-7-9-13-23/h7-10,12-14,16-19,25,27-28,30H,4-6,11,15,20-22H2,1-3H3,(H,42,52)(H,43,48)(H,50,51)/b14-10-,17-16+/t25-,27-,28-,30-,37+/m0/s1. The van der Waals surface area contributed by atoms with Crippen LogP contribution in [0.3, 0.4) is 0 Å². The van der Waals surface area contributed by atoms with Gasteiger partial charge in [0.25, 0.3) is 0 Å². The zero-order valence-corrected chi connectivity index (χ0v) is 29.7. The van der Waals surface area contributed by atoms with Crippen molar-refractivity contribution in [3.05, 3.63) is 71.3 Å². The number of rotatable bonds is 5. The van der Waals surface area contributed by atoms with E-state index in [1.54, 1.807) is 57.2 Å². The quantitative estimate of drug-likeness (QED) is 0.209. The Hall–Kier alpha value is -5.21. The molecule has 6 rings (SSSR count). The number of allylic oxidation sites excluding steroid dienone is 1. The highest BCUT2D eigenvalue weighted by Crippen LogP contribution is 2.45. The van der Waals surface area contributed by atoms with Gasteiger partial charge in [-0.15, -0.1) is 0 Å². The number of nitrogens with one attached hydrogen (secondary N) is 2. The van der Waals surface area contributed by atoms with E-state index in [0.29, 0.717) is 12.8 Å². The van der Waals surface area contributed by atoms with Gasteiger partial charge >= 0.3 is 18.2 Å². The molecular weight excluding hydrogens is 693 g/mol. The zero-order valence-electron chi connectivity index (χ0n) is 29.7. The maximum atomic E-state index is 14.4. The molecule has 12 nitrogen and oxygen atoms in total. The van der Waals surface area contributed by atoms with Gasteiger partial charge in [-0.2, -0.15) is 28.2 Å². The minimum atomic E-state index is -4.67. The number of fused-ring (bicyclic) bond motifs is 3. The van der Waals surface area contributed by atoms with Gasteiger partial charge in [0.05, 0.1) is 11.6 Å². The lowest BCUT2D eigenvalue weighted by atomic mass is 10.0. The third-order valence-electron chi connectivity index (χ3n) is 9.77. The Morgan fingerprint density at radius 3 is 2.51 bits per heavy atom. The number of alkyl halides is 3. The lowest BCUT2D eigenvalue weighted by Crippen LogP contribution is -2.56. The second kappa shape index (κ2) is 14.7. The molecule has 53 heavy (non-hydrogen) atoms. The fraction of sp³-hybridized carbons (Fsp3) is 0.474. The van der Waals surface area contributed by atoms with E-state index in [4.69, 9.17) is 4.74 Å². The summed E-state index contributed by atoms with van der Waals surface area (Å²) in [6, 6.07) is 7.89. The Bertz CT molecular complexity index is 1940. The van der Waals surface area contributed by atoms with Crippen LogP contribution in [0.5, 0.6) is 0 Å². The smallest absolute Gasteiger partial charge is 0.416 e. The van der Waals surface area contributed by atoms with E-state index in [1.165, 1.54) is 15.8 Å². The minimum Gasteiger partial charge on any atom is -0.479 e. The number of ether oxygens (including phenoxy) is 1. The summed E-state index contributed by atoms with van der Waals surface area (Å²) >= 11 is 0. The van der Waals surface area contributed by atoms with Crippen molar-refractivity contribution in [3.8, 4) is 0 Å². The van der Waals surface area contributed by atoms with E-state index in [-0.39, 0.29) is 42.4 Å². The van der Waals surface area contributed by atoms with Crippen molar-refractivity contribution >= 4 is 47.1 Å². The Balaban J connectivity index is 1.37. The molecule has 282 valence electrons. The monoisotopic (exact) mass is 736 g/mol. The molecule has 0 radical (unpaired) electrons. The topological polar surface area (TPSA) is 156 Å². The number of halogens is 3. The van der Waals surface area contributed by atoms with Gasteiger partial charge in [0, 0.05) is 24.4 Å². The van der Waals surface area contributed by atoms with Crippen LogP contribution >= 0.6 is 0 Å². The summed E-state index contributed by atoms with van der Waals surface area (Å²) < 4.78 is 47.5. The number of carboxylic acid groups (broad SMARTS) is 1. The average molecular weight is 737 g/mol. The van der Waals surface area contributed by atoms with Gasteiger partial charge in [0.1, 0.15) is 34.3 Å². The highest BCUT2D eigenvalue weighted by atomic mass is 19.4. The highest BCUT2D eigenvalue weighted by Gasteiger charge is 2.61. The maximum Gasteiger partial charge on any atom is 0.416 e. The summed E-state index contributed by atoms with van der Waals surface area (Å²) in [6.45, 7) is 4.94. The first-order chi connectivity index (χ1) is 25.0. The van der Waals surface area contributed by atoms with Crippen LogP contribution in [0.25, 0.3) is 23.2 Å². The van der Waals surface area contributed by atoms with Crippen molar-refractivity contribution in [2.45, 2.75) is 101 Å². The van der Waals surface area contributed by atoms with E-state index in [9.17, 15) is 37.5 Å². The molecule has 3 aliphatic rings. The number of alkyl carbamates (subject to hydrolysis) is 1. The van der Waals surface area contributed by atoms with Gasteiger partial charge < -0.3 is 25.4 Å². The van der Waals surface area contributed by atoms with Crippen molar-refractivity contribution < 1.29 is 42.2 Å². The van der Waals surface area contributed by atoms with Gasteiger partial charge in [-0.3, -0.25) is 9.59 Å². The number of hydrogen-bond donors (Lipinski definition) is 3. The number of aromatic nitrogens is 3. The number of aliphatic carboxylic acids is 1. The van der Waals surface area contributed by atoms with Gasteiger partial charge in [0.2, 0.25) is 11.8 Å². The number of carbonyl (C=O) groups excluding carboxylic acids is 3. The van der Waals surface area contributed by atoms with Crippen molar-refractivity contribution in [1.29, 1.82) is 0 Å². The number of benzene rings is 2. The van der Waals surface area contributed by atoms with E-state index in [1.807, 2.05) is 12.1 Å². The van der Waals surface area contributed by atoms with Gasteiger partial charge in [-0.1, -0.05) is 67.5 Å². The third kappa shape index (κ3) is 8.55. The first kappa shape index (κ1) is 37.5. The predicted octanol–water partition coefficient (Wildman–Crippen LogP) is 6.14. The molecule has 3 aromatic rings. The summed E-state index contributed by atoms with van der Waals surface area (Å²) in [5.74, 6) is -2.91. The minimum absolute atomic E-state index is 0.0327. The zero-order chi connectivity index (χ0) is 38.1. The number of nitrogens with zero attached hydrogens (tertiary/aromatic N) is 4. The van der Waals surface area contributed by atoms with Gasteiger partial charge in [-0.05, 0) is 64.2 Å². The molecule has 0 bridgehead atoms. The van der Waals surface area contributed by atoms with E-state index >= 15 is 0 Å². The first-order valence-electron chi connectivity index (χ1n) is 17.8. The Morgan fingerprint density at radius 1 is 1.06 bits per heavy atom. The molecule has 3 amide bonds. The van der Waals surface area contributed by atoms with Crippen molar-refractivity contribution in [3.63, 3.8) is 0 Å². The summed E-state index contributed by atoms with van der Waals surface area (Å²) in [5.41, 5.74) is -2.21.